The van der Waals surface area contributed by atoms with E-state index < -0.39 is 0 Å². The van der Waals surface area contributed by atoms with E-state index in [9.17, 15) is 4.79 Å². The van der Waals surface area contributed by atoms with Gasteiger partial charge in [-0.05, 0) is 68.0 Å². The molecule has 5 nitrogen and oxygen atoms in total. The number of benzene rings is 1. The Kier molecular flexibility index (Phi) is 6.26. The van der Waals surface area contributed by atoms with E-state index in [1.165, 1.54) is 12.0 Å². The summed E-state index contributed by atoms with van der Waals surface area (Å²) in [5.74, 6) is 0.770. The monoisotopic (exact) mass is 393 g/mol. The predicted octanol–water partition coefficient (Wildman–Crippen LogP) is 3.16. The van der Waals surface area contributed by atoms with Crippen molar-refractivity contribution < 1.29 is 9.53 Å². The van der Waals surface area contributed by atoms with Gasteiger partial charge in [0.25, 0.3) is 0 Å². The van der Waals surface area contributed by atoms with Crippen LogP contribution in [0.5, 0.6) is 0 Å². The fourth-order valence-corrected chi connectivity index (χ4v) is 4.60. The molecule has 0 aliphatic carbocycles. The molecule has 1 N–H and O–H groups in total. The van der Waals surface area contributed by atoms with Crippen molar-refractivity contribution in [3.63, 3.8) is 0 Å². The molecule has 2 aromatic rings. The fourth-order valence-electron chi connectivity index (χ4n) is 4.60. The number of hydrogen-bond donors (Lipinski definition) is 1. The van der Waals surface area contributed by atoms with Crippen molar-refractivity contribution in [2.24, 2.45) is 11.3 Å². The molecule has 0 saturated carbocycles. The molecule has 4 rings (SSSR count). The Morgan fingerprint density at radius 2 is 2.00 bits per heavy atom. The van der Waals surface area contributed by atoms with Gasteiger partial charge in [0.1, 0.15) is 0 Å². The van der Waals surface area contributed by atoms with Gasteiger partial charge in [0, 0.05) is 38.7 Å². The Balaban J connectivity index is 1.44. The molecular weight excluding hydrogens is 362 g/mol. The van der Waals surface area contributed by atoms with Crippen molar-refractivity contribution in [3.8, 4) is 11.1 Å². The molecule has 2 aliphatic heterocycles. The number of aromatic nitrogens is 1. The van der Waals surface area contributed by atoms with E-state index in [0.29, 0.717) is 19.1 Å². The summed E-state index contributed by atoms with van der Waals surface area (Å²) in [6.45, 7) is 4.31. The number of carbonyl (C=O) groups excluding carboxylic acids is 1. The molecule has 0 bridgehead atoms. The standard InChI is InChI=1S/C24H31N3O2/c1-27-12-8-20(18-27)16-26-23(28)24(9-13-29-14-10-24)15-19-4-6-21(7-5-19)22-3-2-11-25-17-22/h2-7,11,17,20H,8-10,12-16,18H2,1H3,(H,26,28)/t20-/m1/s1. The van der Waals surface area contributed by atoms with Gasteiger partial charge in [-0.2, -0.15) is 0 Å². The van der Waals surface area contributed by atoms with E-state index in [-0.39, 0.29) is 11.3 Å². The van der Waals surface area contributed by atoms with Crippen LogP contribution in [0.2, 0.25) is 0 Å². The Labute approximate surface area is 173 Å². The maximum atomic E-state index is 13.3. The molecule has 5 heteroatoms. The lowest BCUT2D eigenvalue weighted by Crippen LogP contribution is -2.47. The summed E-state index contributed by atoms with van der Waals surface area (Å²) in [6, 6.07) is 12.6. The Morgan fingerprint density at radius 1 is 1.21 bits per heavy atom. The van der Waals surface area contributed by atoms with Crippen molar-refractivity contribution in [1.29, 1.82) is 0 Å². The molecule has 154 valence electrons. The number of carbonyl (C=O) groups is 1. The summed E-state index contributed by atoms with van der Waals surface area (Å²) in [4.78, 5) is 19.8. The second kappa shape index (κ2) is 9.06. The van der Waals surface area contributed by atoms with Crippen molar-refractivity contribution >= 4 is 5.91 Å². The molecule has 2 fully saturated rings. The molecule has 1 aromatic carbocycles. The minimum Gasteiger partial charge on any atom is -0.381 e. The number of nitrogens with zero attached hydrogens (tertiary/aromatic N) is 2. The van der Waals surface area contributed by atoms with E-state index in [1.807, 2.05) is 12.3 Å². The van der Waals surface area contributed by atoms with Crippen LogP contribution in [0.3, 0.4) is 0 Å². The third kappa shape index (κ3) is 4.85. The minimum atomic E-state index is -0.363. The van der Waals surface area contributed by atoms with E-state index in [1.54, 1.807) is 6.20 Å². The van der Waals surface area contributed by atoms with Gasteiger partial charge >= 0.3 is 0 Å². The van der Waals surface area contributed by atoms with Crippen LogP contribution in [0.25, 0.3) is 11.1 Å². The number of nitrogens with one attached hydrogen (secondary N) is 1. The minimum absolute atomic E-state index is 0.201. The summed E-state index contributed by atoms with van der Waals surface area (Å²) in [5.41, 5.74) is 3.10. The lowest BCUT2D eigenvalue weighted by molar-refractivity contribution is -0.136. The number of amides is 1. The Hall–Kier alpha value is -2.24. The molecule has 0 spiro atoms. The van der Waals surface area contributed by atoms with Crippen LogP contribution in [0.15, 0.2) is 48.8 Å². The van der Waals surface area contributed by atoms with Gasteiger partial charge in [0.2, 0.25) is 5.91 Å². The second-order valence-corrected chi connectivity index (χ2v) is 8.64. The van der Waals surface area contributed by atoms with Crippen LogP contribution >= 0.6 is 0 Å². The molecular formula is C24H31N3O2. The Bertz CT molecular complexity index is 801. The van der Waals surface area contributed by atoms with Crippen LogP contribution in [0.1, 0.15) is 24.8 Å². The largest absolute Gasteiger partial charge is 0.381 e. The van der Waals surface area contributed by atoms with Crippen LogP contribution in [-0.2, 0) is 16.0 Å². The molecule has 2 aliphatic rings. The Morgan fingerprint density at radius 3 is 2.66 bits per heavy atom. The highest BCUT2D eigenvalue weighted by molar-refractivity contribution is 5.83. The quantitative estimate of drug-likeness (QED) is 0.819. The first-order chi connectivity index (χ1) is 14.1. The highest BCUT2D eigenvalue weighted by Gasteiger charge is 2.40. The summed E-state index contributed by atoms with van der Waals surface area (Å²) >= 11 is 0. The van der Waals surface area contributed by atoms with Crippen molar-refractivity contribution in [2.45, 2.75) is 25.7 Å². The molecule has 1 atom stereocenters. The highest BCUT2D eigenvalue weighted by Crippen LogP contribution is 2.35. The predicted molar refractivity (Wildman–Crippen MR) is 114 cm³/mol. The molecule has 1 amide bonds. The smallest absolute Gasteiger partial charge is 0.226 e. The van der Waals surface area contributed by atoms with Gasteiger partial charge in [-0.3, -0.25) is 9.78 Å². The maximum Gasteiger partial charge on any atom is 0.226 e. The number of rotatable bonds is 6. The van der Waals surface area contributed by atoms with Gasteiger partial charge in [-0.25, -0.2) is 0 Å². The molecule has 29 heavy (non-hydrogen) atoms. The van der Waals surface area contributed by atoms with Crippen LogP contribution < -0.4 is 5.32 Å². The van der Waals surface area contributed by atoms with Gasteiger partial charge < -0.3 is 15.0 Å². The van der Waals surface area contributed by atoms with Gasteiger partial charge in [0.15, 0.2) is 0 Å². The summed E-state index contributed by atoms with van der Waals surface area (Å²) in [5, 5.41) is 3.28. The van der Waals surface area contributed by atoms with E-state index >= 15 is 0 Å². The first-order valence-electron chi connectivity index (χ1n) is 10.7. The van der Waals surface area contributed by atoms with Gasteiger partial charge in [0.05, 0.1) is 5.41 Å². The normalized spacial score (nSPS) is 21.8. The molecule has 0 radical (unpaired) electrons. The highest BCUT2D eigenvalue weighted by atomic mass is 16.5. The zero-order valence-corrected chi connectivity index (χ0v) is 17.3. The zero-order valence-electron chi connectivity index (χ0n) is 17.3. The number of likely N-dealkylation sites (tertiary alicyclic amines) is 1. The number of ether oxygens (including phenoxy) is 1. The van der Waals surface area contributed by atoms with Crippen LogP contribution in [0.4, 0.5) is 0 Å². The fraction of sp³-hybridized carbons (Fsp3) is 0.500. The lowest BCUT2D eigenvalue weighted by atomic mass is 9.74. The zero-order chi connectivity index (χ0) is 20.1. The first kappa shape index (κ1) is 20.0. The SMILES string of the molecule is CN1CC[C@H](CNC(=O)C2(Cc3ccc(-c4cccnc4)cc3)CCOCC2)C1. The van der Waals surface area contributed by atoms with Crippen LogP contribution in [0, 0.1) is 11.3 Å². The first-order valence-corrected chi connectivity index (χ1v) is 10.7. The maximum absolute atomic E-state index is 13.3. The molecule has 2 saturated heterocycles. The summed E-state index contributed by atoms with van der Waals surface area (Å²) in [7, 11) is 2.15. The average Bonchev–Trinajstić information content (AvgIpc) is 3.19. The second-order valence-electron chi connectivity index (χ2n) is 8.64. The van der Waals surface area contributed by atoms with Crippen molar-refractivity contribution in [1.82, 2.24) is 15.2 Å². The molecule has 0 unspecified atom stereocenters. The molecule has 3 heterocycles. The van der Waals surface area contributed by atoms with E-state index in [0.717, 1.165) is 50.0 Å². The van der Waals surface area contributed by atoms with Crippen molar-refractivity contribution in [2.75, 3.05) is 39.9 Å². The summed E-state index contributed by atoms with van der Waals surface area (Å²) in [6.07, 6.45) is 7.17. The van der Waals surface area contributed by atoms with Gasteiger partial charge in [-0.15, -0.1) is 0 Å². The number of pyridine rings is 1. The van der Waals surface area contributed by atoms with E-state index in [4.69, 9.17) is 4.74 Å². The van der Waals surface area contributed by atoms with Gasteiger partial charge in [-0.1, -0.05) is 30.3 Å². The van der Waals surface area contributed by atoms with Crippen molar-refractivity contribution in [3.05, 3.63) is 54.4 Å². The summed E-state index contributed by atoms with van der Waals surface area (Å²) < 4.78 is 5.59. The average molecular weight is 394 g/mol. The third-order valence-electron chi connectivity index (χ3n) is 6.46. The molecule has 1 aromatic heterocycles. The number of hydrogen-bond acceptors (Lipinski definition) is 4. The third-order valence-corrected chi connectivity index (χ3v) is 6.46. The van der Waals surface area contributed by atoms with Crippen LogP contribution in [-0.4, -0.2) is 55.7 Å². The lowest BCUT2D eigenvalue weighted by Gasteiger charge is -2.36. The van der Waals surface area contributed by atoms with E-state index in [2.05, 4.69) is 52.6 Å². The topological polar surface area (TPSA) is 54.5 Å².